The molecule has 1 aliphatic heterocycles. The Morgan fingerprint density at radius 2 is 2.00 bits per heavy atom. The highest BCUT2D eigenvalue weighted by Crippen LogP contribution is 2.18. The van der Waals surface area contributed by atoms with E-state index >= 15 is 0 Å². The summed E-state index contributed by atoms with van der Waals surface area (Å²) < 4.78 is 10.8. The summed E-state index contributed by atoms with van der Waals surface area (Å²) in [6.45, 7) is 7.59. The van der Waals surface area contributed by atoms with Crippen LogP contribution >= 0.6 is 0 Å². The molecule has 2 aromatic rings. The minimum absolute atomic E-state index is 0.0855. The van der Waals surface area contributed by atoms with Crippen LogP contribution in [0.15, 0.2) is 16.9 Å². The zero-order valence-corrected chi connectivity index (χ0v) is 15.7. The van der Waals surface area contributed by atoms with E-state index < -0.39 is 0 Å². The summed E-state index contributed by atoms with van der Waals surface area (Å²) in [5.41, 5.74) is 3.84. The summed E-state index contributed by atoms with van der Waals surface area (Å²) in [7, 11) is 0. The van der Waals surface area contributed by atoms with Crippen LogP contribution in [0.1, 0.15) is 41.2 Å². The van der Waals surface area contributed by atoms with Crippen molar-refractivity contribution in [1.29, 1.82) is 0 Å². The van der Waals surface area contributed by atoms with E-state index in [-0.39, 0.29) is 11.9 Å². The molecule has 0 aliphatic carbocycles. The number of hydrogen-bond donors (Lipinski definition) is 0. The number of carbonyl (C=O) groups excluding carboxylic acids is 1. The Morgan fingerprint density at radius 3 is 2.73 bits per heavy atom. The van der Waals surface area contributed by atoms with Crippen LogP contribution in [0.3, 0.4) is 0 Å². The van der Waals surface area contributed by atoms with Crippen LogP contribution in [0.4, 0.5) is 0 Å². The van der Waals surface area contributed by atoms with E-state index in [0.717, 1.165) is 41.2 Å². The lowest BCUT2D eigenvalue weighted by Crippen LogP contribution is -2.49. The van der Waals surface area contributed by atoms with E-state index in [2.05, 4.69) is 15.1 Å². The Labute approximate surface area is 153 Å². The van der Waals surface area contributed by atoms with Crippen molar-refractivity contribution in [2.45, 2.75) is 52.5 Å². The van der Waals surface area contributed by atoms with Crippen molar-refractivity contribution >= 4 is 5.91 Å². The maximum atomic E-state index is 12.8. The number of hydrogen-bond acceptors (Lipinski definition) is 6. The Hall–Kier alpha value is -2.28. The number of ether oxygens (including phenoxy) is 1. The summed E-state index contributed by atoms with van der Waals surface area (Å²) in [4.78, 5) is 23.4. The van der Waals surface area contributed by atoms with Crippen molar-refractivity contribution in [1.82, 2.24) is 20.0 Å². The summed E-state index contributed by atoms with van der Waals surface area (Å²) in [6, 6.07) is 0.0855. The number of nitrogens with zero attached hydrogens (tertiary/aromatic N) is 4. The second-order valence-electron chi connectivity index (χ2n) is 6.75. The van der Waals surface area contributed by atoms with E-state index in [4.69, 9.17) is 9.26 Å². The molecule has 1 aliphatic rings. The molecule has 1 atom stereocenters. The third-order valence-corrected chi connectivity index (χ3v) is 5.02. The summed E-state index contributed by atoms with van der Waals surface area (Å²) >= 11 is 0. The Balaban J connectivity index is 1.59. The molecule has 0 bridgehead atoms. The van der Waals surface area contributed by atoms with E-state index in [1.165, 1.54) is 0 Å². The first-order valence-corrected chi connectivity index (χ1v) is 9.11. The van der Waals surface area contributed by atoms with Gasteiger partial charge in [0.1, 0.15) is 5.76 Å². The molecular formula is C19H26N4O3. The Morgan fingerprint density at radius 1 is 1.19 bits per heavy atom. The van der Waals surface area contributed by atoms with Crippen molar-refractivity contribution in [3.05, 3.63) is 40.8 Å². The topological polar surface area (TPSA) is 81.4 Å². The summed E-state index contributed by atoms with van der Waals surface area (Å²) in [5, 5.41) is 3.96. The lowest BCUT2D eigenvalue weighted by atomic mass is 10.0. The first-order valence-electron chi connectivity index (χ1n) is 9.11. The van der Waals surface area contributed by atoms with Gasteiger partial charge in [-0.1, -0.05) is 5.16 Å². The molecule has 2 aromatic heterocycles. The van der Waals surface area contributed by atoms with Gasteiger partial charge >= 0.3 is 0 Å². The standard InChI is InChI=1S/C19H26N4O3/c1-13-17(15(3)26-22-13)5-7-19(24)23-10-11-25-12-16(23)4-6-18-14(2)20-8-9-21-18/h8-9,16H,4-7,10-12H2,1-3H3/t16-/m0/s1. The lowest BCUT2D eigenvalue weighted by Gasteiger charge is -2.36. The van der Waals surface area contributed by atoms with Crippen molar-refractivity contribution in [2.24, 2.45) is 0 Å². The molecule has 1 saturated heterocycles. The minimum Gasteiger partial charge on any atom is -0.377 e. The quantitative estimate of drug-likeness (QED) is 0.787. The maximum Gasteiger partial charge on any atom is 0.223 e. The normalized spacial score (nSPS) is 17.5. The zero-order chi connectivity index (χ0) is 18.5. The van der Waals surface area contributed by atoms with Gasteiger partial charge in [-0.2, -0.15) is 0 Å². The molecule has 0 spiro atoms. The van der Waals surface area contributed by atoms with Gasteiger partial charge < -0.3 is 14.2 Å². The van der Waals surface area contributed by atoms with E-state index in [1.54, 1.807) is 12.4 Å². The predicted octanol–water partition coefficient (Wildman–Crippen LogP) is 2.18. The Kier molecular flexibility index (Phi) is 5.98. The molecule has 0 unspecified atom stereocenters. The van der Waals surface area contributed by atoms with Gasteiger partial charge in [0.25, 0.3) is 0 Å². The van der Waals surface area contributed by atoms with Gasteiger partial charge in [0.2, 0.25) is 5.91 Å². The number of carbonyl (C=O) groups is 1. The van der Waals surface area contributed by atoms with Crippen LogP contribution in [0, 0.1) is 20.8 Å². The van der Waals surface area contributed by atoms with Crippen LogP contribution in [0.2, 0.25) is 0 Å². The van der Waals surface area contributed by atoms with E-state index in [0.29, 0.717) is 32.6 Å². The fourth-order valence-corrected chi connectivity index (χ4v) is 3.44. The third kappa shape index (κ3) is 4.27. The second-order valence-corrected chi connectivity index (χ2v) is 6.75. The first kappa shape index (κ1) is 18.5. The molecule has 7 nitrogen and oxygen atoms in total. The minimum atomic E-state index is 0.0855. The summed E-state index contributed by atoms with van der Waals surface area (Å²) in [6.07, 6.45) is 6.16. The molecule has 0 saturated carbocycles. The average molecular weight is 358 g/mol. The summed E-state index contributed by atoms with van der Waals surface area (Å²) in [5.74, 6) is 0.959. The highest BCUT2D eigenvalue weighted by atomic mass is 16.5. The zero-order valence-electron chi connectivity index (χ0n) is 15.7. The van der Waals surface area contributed by atoms with Gasteiger partial charge in [0.15, 0.2) is 0 Å². The smallest absolute Gasteiger partial charge is 0.223 e. The number of amides is 1. The van der Waals surface area contributed by atoms with Gasteiger partial charge in [0.05, 0.1) is 36.3 Å². The molecule has 1 fully saturated rings. The van der Waals surface area contributed by atoms with Gasteiger partial charge in [-0.05, 0) is 40.0 Å². The molecule has 0 radical (unpaired) electrons. The first-order chi connectivity index (χ1) is 12.6. The number of aromatic nitrogens is 3. The SMILES string of the molecule is Cc1nccnc1CC[C@H]1COCCN1C(=O)CCc1c(C)noc1C. The van der Waals surface area contributed by atoms with Gasteiger partial charge in [-0.25, -0.2) is 0 Å². The fourth-order valence-electron chi connectivity index (χ4n) is 3.44. The van der Waals surface area contributed by atoms with E-state index in [1.807, 2.05) is 25.7 Å². The van der Waals surface area contributed by atoms with E-state index in [9.17, 15) is 4.79 Å². The average Bonchev–Trinajstić information content (AvgIpc) is 2.97. The van der Waals surface area contributed by atoms with Crippen LogP contribution in [0.25, 0.3) is 0 Å². The number of aryl methyl sites for hydroxylation is 4. The molecule has 3 rings (SSSR count). The molecular weight excluding hydrogens is 332 g/mol. The van der Waals surface area contributed by atoms with Crippen LogP contribution in [-0.2, 0) is 22.4 Å². The fraction of sp³-hybridized carbons (Fsp3) is 0.579. The second kappa shape index (κ2) is 8.40. The largest absolute Gasteiger partial charge is 0.377 e. The van der Waals surface area contributed by atoms with Crippen LogP contribution < -0.4 is 0 Å². The molecule has 0 aromatic carbocycles. The molecule has 1 amide bonds. The monoisotopic (exact) mass is 358 g/mol. The van der Waals surface area contributed by atoms with Crippen LogP contribution in [0.5, 0.6) is 0 Å². The number of morpholine rings is 1. The third-order valence-electron chi connectivity index (χ3n) is 5.02. The molecule has 7 heteroatoms. The highest BCUT2D eigenvalue weighted by molar-refractivity contribution is 5.77. The van der Waals surface area contributed by atoms with Crippen molar-refractivity contribution < 1.29 is 14.1 Å². The number of rotatable bonds is 6. The predicted molar refractivity (Wildman–Crippen MR) is 95.7 cm³/mol. The molecule has 0 N–H and O–H groups in total. The van der Waals surface area contributed by atoms with Crippen LogP contribution in [-0.4, -0.2) is 51.7 Å². The lowest BCUT2D eigenvalue weighted by molar-refractivity contribution is -0.140. The van der Waals surface area contributed by atoms with Crippen molar-refractivity contribution in [3.63, 3.8) is 0 Å². The molecule has 3 heterocycles. The van der Waals surface area contributed by atoms with Gasteiger partial charge in [0, 0.05) is 30.9 Å². The van der Waals surface area contributed by atoms with Gasteiger partial charge in [-0.3, -0.25) is 14.8 Å². The molecule has 26 heavy (non-hydrogen) atoms. The van der Waals surface area contributed by atoms with Crippen molar-refractivity contribution in [3.8, 4) is 0 Å². The Bertz CT molecular complexity index is 739. The maximum absolute atomic E-state index is 12.8. The van der Waals surface area contributed by atoms with Crippen molar-refractivity contribution in [2.75, 3.05) is 19.8 Å². The highest BCUT2D eigenvalue weighted by Gasteiger charge is 2.27. The molecule has 140 valence electrons. The van der Waals surface area contributed by atoms with Gasteiger partial charge in [-0.15, -0.1) is 0 Å².